The van der Waals surface area contributed by atoms with Gasteiger partial charge in [-0.3, -0.25) is 9.59 Å². The fourth-order valence-electron chi connectivity index (χ4n) is 2.18. The first-order valence-electron chi connectivity index (χ1n) is 6.63. The molecule has 0 saturated heterocycles. The normalized spacial score (nSPS) is 10.3. The molecule has 0 aliphatic carbocycles. The molecule has 108 valence electrons. The zero-order valence-electron chi connectivity index (χ0n) is 11.6. The van der Waals surface area contributed by atoms with Crippen molar-refractivity contribution >= 4 is 16.7 Å². The molecule has 0 spiro atoms. The third kappa shape index (κ3) is 2.95. The molecule has 4 nitrogen and oxygen atoms in total. The number of pyridine rings is 1. The summed E-state index contributed by atoms with van der Waals surface area (Å²) in [5.41, 5.74) is -0.115. The quantitative estimate of drug-likeness (QED) is 0.873. The average Bonchev–Trinajstić information content (AvgIpc) is 2.47. The summed E-state index contributed by atoms with van der Waals surface area (Å²) in [4.78, 5) is 24.6. The summed E-state index contributed by atoms with van der Waals surface area (Å²) in [6, 6.07) is 5.42. The molecule has 0 radical (unpaired) electrons. The lowest BCUT2D eigenvalue weighted by atomic mass is 10.1. The summed E-state index contributed by atoms with van der Waals surface area (Å²) in [7, 11) is 0. The van der Waals surface area contributed by atoms with Crippen molar-refractivity contribution in [2.45, 2.75) is 19.9 Å². The van der Waals surface area contributed by atoms with Gasteiger partial charge in [-0.1, -0.05) is 12.8 Å². The minimum atomic E-state index is -0.454. The number of carbonyl (C=O) groups is 1. The SMILES string of the molecule is C#CCNC(=O)c1cc2cc(F)ccc2c(=O)n1CCC. The molecule has 1 N–H and O–H groups in total. The largest absolute Gasteiger partial charge is 0.340 e. The van der Waals surface area contributed by atoms with Crippen LogP contribution in [0.5, 0.6) is 0 Å². The molecule has 0 aliphatic heterocycles. The van der Waals surface area contributed by atoms with E-state index in [4.69, 9.17) is 6.42 Å². The number of hydrogen-bond donors (Lipinski definition) is 1. The van der Waals surface area contributed by atoms with Crippen molar-refractivity contribution < 1.29 is 9.18 Å². The Morgan fingerprint density at radius 3 is 2.86 bits per heavy atom. The van der Waals surface area contributed by atoms with Gasteiger partial charge in [0.1, 0.15) is 11.5 Å². The highest BCUT2D eigenvalue weighted by Crippen LogP contribution is 2.14. The number of nitrogens with zero attached hydrogens (tertiary/aromatic N) is 1. The Morgan fingerprint density at radius 1 is 1.43 bits per heavy atom. The first-order valence-corrected chi connectivity index (χ1v) is 6.63. The maximum Gasteiger partial charge on any atom is 0.268 e. The maximum absolute atomic E-state index is 13.3. The number of hydrogen-bond acceptors (Lipinski definition) is 2. The first-order chi connectivity index (χ1) is 10.1. The Morgan fingerprint density at radius 2 is 2.19 bits per heavy atom. The highest BCUT2D eigenvalue weighted by molar-refractivity contribution is 5.96. The molecule has 0 unspecified atom stereocenters. The maximum atomic E-state index is 13.3. The van der Waals surface area contributed by atoms with Crippen LogP contribution in [0, 0.1) is 18.2 Å². The third-order valence-electron chi connectivity index (χ3n) is 3.10. The van der Waals surface area contributed by atoms with Gasteiger partial charge in [-0.25, -0.2) is 4.39 Å². The lowest BCUT2D eigenvalue weighted by Gasteiger charge is -2.13. The van der Waals surface area contributed by atoms with Crippen LogP contribution in [-0.4, -0.2) is 17.0 Å². The van der Waals surface area contributed by atoms with E-state index >= 15 is 0 Å². The summed E-state index contributed by atoms with van der Waals surface area (Å²) in [5.74, 6) is 1.41. The predicted octanol–water partition coefficient (Wildman–Crippen LogP) is 1.91. The van der Waals surface area contributed by atoms with E-state index in [2.05, 4.69) is 11.2 Å². The highest BCUT2D eigenvalue weighted by atomic mass is 19.1. The van der Waals surface area contributed by atoms with Gasteiger partial charge in [0.15, 0.2) is 0 Å². The van der Waals surface area contributed by atoms with Crippen LogP contribution in [0.1, 0.15) is 23.8 Å². The average molecular weight is 286 g/mol. The second-order valence-electron chi connectivity index (χ2n) is 4.60. The van der Waals surface area contributed by atoms with E-state index in [1.165, 1.54) is 28.8 Å². The van der Waals surface area contributed by atoms with Crippen LogP contribution in [0.3, 0.4) is 0 Å². The molecule has 2 aromatic rings. The minimum absolute atomic E-state index is 0.0698. The molecule has 0 aliphatic rings. The molecule has 0 bridgehead atoms. The van der Waals surface area contributed by atoms with E-state index in [1.807, 2.05) is 6.92 Å². The lowest BCUT2D eigenvalue weighted by Crippen LogP contribution is -2.32. The van der Waals surface area contributed by atoms with Gasteiger partial charge in [0, 0.05) is 11.9 Å². The van der Waals surface area contributed by atoms with Gasteiger partial charge in [-0.05, 0) is 36.1 Å². The summed E-state index contributed by atoms with van der Waals surface area (Å²) in [6.45, 7) is 2.38. The molecule has 1 aromatic carbocycles. The van der Waals surface area contributed by atoms with E-state index < -0.39 is 11.7 Å². The molecule has 21 heavy (non-hydrogen) atoms. The summed E-state index contributed by atoms with van der Waals surface area (Å²) < 4.78 is 14.7. The topological polar surface area (TPSA) is 51.1 Å². The smallest absolute Gasteiger partial charge is 0.268 e. The van der Waals surface area contributed by atoms with E-state index in [9.17, 15) is 14.0 Å². The molecule has 2 rings (SSSR count). The Hall–Kier alpha value is -2.61. The number of nitrogens with one attached hydrogen (secondary N) is 1. The molecule has 0 fully saturated rings. The number of rotatable bonds is 4. The standard InChI is InChI=1S/C16H15FN2O2/c1-3-7-18-15(20)14-10-11-9-12(17)5-6-13(11)16(21)19(14)8-4-2/h1,5-6,9-10H,4,7-8H2,2H3,(H,18,20). The third-order valence-corrected chi connectivity index (χ3v) is 3.10. The summed E-state index contributed by atoms with van der Waals surface area (Å²) >= 11 is 0. The zero-order chi connectivity index (χ0) is 15.4. The van der Waals surface area contributed by atoms with Crippen molar-refractivity contribution in [2.24, 2.45) is 0 Å². The van der Waals surface area contributed by atoms with Crippen LogP contribution in [0.25, 0.3) is 10.8 Å². The lowest BCUT2D eigenvalue weighted by molar-refractivity contribution is 0.0948. The van der Waals surface area contributed by atoms with Crippen molar-refractivity contribution in [1.82, 2.24) is 9.88 Å². The highest BCUT2D eigenvalue weighted by Gasteiger charge is 2.15. The predicted molar refractivity (Wildman–Crippen MR) is 79.6 cm³/mol. The molecule has 0 saturated carbocycles. The van der Waals surface area contributed by atoms with E-state index in [-0.39, 0.29) is 17.8 Å². The number of terminal acetylenes is 1. The van der Waals surface area contributed by atoms with Gasteiger partial charge < -0.3 is 9.88 Å². The van der Waals surface area contributed by atoms with Gasteiger partial charge in [0.2, 0.25) is 0 Å². The van der Waals surface area contributed by atoms with Gasteiger partial charge in [-0.2, -0.15) is 0 Å². The molecule has 1 heterocycles. The van der Waals surface area contributed by atoms with E-state index in [0.29, 0.717) is 23.7 Å². The molecular weight excluding hydrogens is 271 g/mol. The zero-order valence-corrected chi connectivity index (χ0v) is 11.6. The fraction of sp³-hybridized carbons (Fsp3) is 0.250. The van der Waals surface area contributed by atoms with Gasteiger partial charge >= 0.3 is 0 Å². The molecule has 1 aromatic heterocycles. The summed E-state index contributed by atoms with van der Waals surface area (Å²) in [6.07, 6.45) is 5.81. The van der Waals surface area contributed by atoms with Gasteiger partial charge in [0.05, 0.1) is 6.54 Å². The van der Waals surface area contributed by atoms with E-state index in [0.717, 1.165) is 0 Å². The van der Waals surface area contributed by atoms with Crippen LogP contribution in [-0.2, 0) is 6.54 Å². The van der Waals surface area contributed by atoms with Crippen molar-refractivity contribution in [2.75, 3.05) is 6.54 Å². The number of fused-ring (bicyclic) bond motifs is 1. The Labute approximate surface area is 121 Å². The van der Waals surface area contributed by atoms with Crippen LogP contribution in [0.15, 0.2) is 29.1 Å². The minimum Gasteiger partial charge on any atom is -0.340 e. The van der Waals surface area contributed by atoms with Crippen molar-refractivity contribution in [1.29, 1.82) is 0 Å². The Balaban J connectivity index is 2.66. The second-order valence-corrected chi connectivity index (χ2v) is 4.60. The number of aromatic nitrogens is 1. The summed E-state index contributed by atoms with van der Waals surface area (Å²) in [5, 5.41) is 3.31. The fourth-order valence-corrected chi connectivity index (χ4v) is 2.18. The van der Waals surface area contributed by atoms with Crippen molar-refractivity contribution in [3.63, 3.8) is 0 Å². The first kappa shape index (κ1) is 14.8. The Kier molecular flexibility index (Phi) is 4.39. The van der Waals surface area contributed by atoms with Crippen molar-refractivity contribution in [3.8, 4) is 12.3 Å². The van der Waals surface area contributed by atoms with Crippen molar-refractivity contribution in [3.05, 3.63) is 46.1 Å². The number of carbonyl (C=O) groups excluding carboxylic acids is 1. The Bertz CT molecular complexity index is 787. The van der Waals surface area contributed by atoms with Gasteiger partial charge in [-0.15, -0.1) is 6.42 Å². The molecule has 5 heteroatoms. The number of amides is 1. The van der Waals surface area contributed by atoms with Crippen LogP contribution < -0.4 is 10.9 Å². The van der Waals surface area contributed by atoms with Crippen LogP contribution in [0.4, 0.5) is 4.39 Å². The molecule has 1 amide bonds. The number of halogens is 1. The molecule has 0 atom stereocenters. The second kappa shape index (κ2) is 6.23. The number of benzene rings is 1. The van der Waals surface area contributed by atoms with E-state index in [1.54, 1.807) is 0 Å². The monoisotopic (exact) mass is 286 g/mol. The van der Waals surface area contributed by atoms with Gasteiger partial charge in [0.25, 0.3) is 11.5 Å². The molecular formula is C16H15FN2O2. The van der Waals surface area contributed by atoms with Crippen LogP contribution >= 0.6 is 0 Å². The van der Waals surface area contributed by atoms with Crippen LogP contribution in [0.2, 0.25) is 0 Å².